The van der Waals surface area contributed by atoms with Crippen LogP contribution in [0.5, 0.6) is 0 Å². The molecule has 0 fully saturated rings. The number of ether oxygens (including phenoxy) is 8. The summed E-state index contributed by atoms with van der Waals surface area (Å²) in [4.78, 5) is 0.189. The first-order valence-electron chi connectivity index (χ1n) is 12.8. The lowest BCUT2D eigenvalue weighted by Crippen LogP contribution is -2.32. The highest BCUT2D eigenvalue weighted by molar-refractivity contribution is 7.89. The topological polar surface area (TPSA) is 120 Å². The molecule has 1 aliphatic heterocycles. The van der Waals surface area contributed by atoms with Crippen molar-refractivity contribution in [1.29, 1.82) is 0 Å². The van der Waals surface area contributed by atoms with Crippen molar-refractivity contribution in [2.75, 3.05) is 92.5 Å². The Morgan fingerprint density at radius 1 is 0.568 bits per heavy atom. The van der Waals surface area contributed by atoms with E-state index in [1.807, 2.05) is 0 Å². The number of sulfonamides is 1. The van der Waals surface area contributed by atoms with Crippen LogP contribution in [0.2, 0.25) is 0 Å². The van der Waals surface area contributed by atoms with Crippen LogP contribution in [0.1, 0.15) is 25.0 Å². The fourth-order valence-corrected chi connectivity index (χ4v) is 5.06. The lowest BCUT2D eigenvalue weighted by molar-refractivity contribution is -0.0238. The van der Waals surface area contributed by atoms with Crippen molar-refractivity contribution < 1.29 is 46.3 Å². The first-order valence-corrected chi connectivity index (χ1v) is 14.2. The zero-order valence-electron chi connectivity index (χ0n) is 22.1. The van der Waals surface area contributed by atoms with Crippen molar-refractivity contribution >= 4 is 10.0 Å². The van der Waals surface area contributed by atoms with Gasteiger partial charge in [-0.25, -0.2) is 13.1 Å². The van der Waals surface area contributed by atoms with E-state index in [4.69, 9.17) is 37.9 Å². The first-order chi connectivity index (χ1) is 18.0. The van der Waals surface area contributed by atoms with Crippen LogP contribution in [-0.4, -0.2) is 107 Å². The highest BCUT2D eigenvalue weighted by atomic mass is 32.2. The van der Waals surface area contributed by atoms with Gasteiger partial charge < -0.3 is 37.9 Å². The largest absolute Gasteiger partial charge is 0.377 e. The molecule has 1 aromatic carbocycles. The minimum atomic E-state index is -3.77. The van der Waals surface area contributed by atoms with E-state index in [0.29, 0.717) is 104 Å². The van der Waals surface area contributed by atoms with E-state index < -0.39 is 10.0 Å². The minimum Gasteiger partial charge on any atom is -0.377 e. The monoisotopic (exact) mass is 549 g/mol. The highest BCUT2D eigenvalue weighted by Crippen LogP contribution is 2.23. The Hall–Kier alpha value is -1.19. The molecule has 12 heteroatoms. The molecule has 2 bridgehead atoms. The van der Waals surface area contributed by atoms with Crippen LogP contribution in [0.15, 0.2) is 23.1 Å². The first kappa shape index (κ1) is 32.0. The fourth-order valence-electron chi connectivity index (χ4n) is 3.38. The molecular weight excluding hydrogens is 506 g/mol. The molecule has 214 valence electrons. The van der Waals surface area contributed by atoms with E-state index in [2.05, 4.69) is 4.72 Å². The second-order valence-corrected chi connectivity index (χ2v) is 10.1. The summed E-state index contributed by atoms with van der Waals surface area (Å²) < 4.78 is 73.3. The fraction of sp³-hybridized carbons (Fsp3) is 0.760. The average Bonchev–Trinajstić information content (AvgIpc) is 2.85. The van der Waals surface area contributed by atoms with E-state index in [1.54, 1.807) is 32.0 Å². The zero-order chi connectivity index (χ0) is 26.6. The van der Waals surface area contributed by atoms with Gasteiger partial charge in [-0.1, -0.05) is 18.2 Å². The molecule has 0 radical (unpaired) electrons. The van der Waals surface area contributed by atoms with Gasteiger partial charge in [0.25, 0.3) is 0 Å². The molecule has 2 rings (SSSR count). The molecule has 0 saturated carbocycles. The third-order valence-electron chi connectivity index (χ3n) is 4.96. The number of fused-ring (bicyclic) bond motifs is 2. The standard InChI is InChI=1S/C25H43NO10S/c1-22(2)26-37(27,28)25-23-4-3-5-24(25)21-36-19-17-34-15-13-32-11-9-30-7-6-29-8-10-31-12-14-33-16-18-35-20-23/h3-5,22,26H,6-21H2,1-2H3. The van der Waals surface area contributed by atoms with Crippen LogP contribution in [0.3, 0.4) is 0 Å². The second-order valence-electron chi connectivity index (χ2n) is 8.46. The molecular formula is C25H43NO10S. The van der Waals surface area contributed by atoms with E-state index in [1.165, 1.54) is 0 Å². The molecule has 0 aliphatic carbocycles. The van der Waals surface area contributed by atoms with Gasteiger partial charge in [0.2, 0.25) is 10.0 Å². The maximum Gasteiger partial charge on any atom is 0.241 e. The van der Waals surface area contributed by atoms with E-state index in [-0.39, 0.29) is 24.2 Å². The number of hydrogen-bond acceptors (Lipinski definition) is 10. The number of benzene rings is 1. The van der Waals surface area contributed by atoms with Gasteiger partial charge in [0, 0.05) is 6.04 Å². The Balaban J connectivity index is 1.94. The van der Waals surface area contributed by atoms with Crippen LogP contribution in [0.4, 0.5) is 0 Å². The highest BCUT2D eigenvalue weighted by Gasteiger charge is 2.23. The summed E-state index contributed by atoms with van der Waals surface area (Å²) in [5, 5.41) is 0. The summed E-state index contributed by atoms with van der Waals surface area (Å²) in [6.45, 7) is 9.90. The molecule has 0 atom stereocenters. The van der Waals surface area contributed by atoms with Crippen LogP contribution in [-0.2, 0) is 61.1 Å². The van der Waals surface area contributed by atoms with Gasteiger partial charge >= 0.3 is 0 Å². The molecule has 1 aromatic rings. The van der Waals surface area contributed by atoms with Crippen molar-refractivity contribution in [2.24, 2.45) is 0 Å². The van der Waals surface area contributed by atoms with Gasteiger partial charge in [-0.3, -0.25) is 0 Å². The summed E-state index contributed by atoms with van der Waals surface area (Å²) in [7, 11) is -3.77. The quantitative estimate of drug-likeness (QED) is 0.594. The van der Waals surface area contributed by atoms with Crippen LogP contribution >= 0.6 is 0 Å². The maximum absolute atomic E-state index is 13.1. The van der Waals surface area contributed by atoms with Crippen LogP contribution < -0.4 is 4.72 Å². The average molecular weight is 550 g/mol. The lowest BCUT2D eigenvalue weighted by Gasteiger charge is -2.18. The number of hydrogen-bond donors (Lipinski definition) is 1. The molecule has 37 heavy (non-hydrogen) atoms. The third-order valence-corrected chi connectivity index (χ3v) is 6.80. The third kappa shape index (κ3) is 14.5. The zero-order valence-corrected chi connectivity index (χ0v) is 22.9. The molecule has 1 heterocycles. The van der Waals surface area contributed by atoms with Crippen molar-refractivity contribution in [3.05, 3.63) is 29.3 Å². The summed E-state index contributed by atoms with van der Waals surface area (Å²) in [6.07, 6.45) is 0. The molecule has 11 nitrogen and oxygen atoms in total. The Kier molecular flexibility index (Phi) is 17.2. The Bertz CT molecular complexity index is 777. The van der Waals surface area contributed by atoms with E-state index in [9.17, 15) is 8.42 Å². The van der Waals surface area contributed by atoms with E-state index >= 15 is 0 Å². The predicted molar refractivity (Wildman–Crippen MR) is 136 cm³/mol. The molecule has 0 spiro atoms. The molecule has 0 amide bonds. The van der Waals surface area contributed by atoms with Gasteiger partial charge in [0.05, 0.1) is 111 Å². The molecule has 0 unspecified atom stereocenters. The normalized spacial score (nSPS) is 20.3. The van der Waals surface area contributed by atoms with Crippen molar-refractivity contribution in [2.45, 2.75) is 38.0 Å². The predicted octanol–water partition coefficient (Wildman–Crippen LogP) is 1.52. The minimum absolute atomic E-state index is 0.131. The smallest absolute Gasteiger partial charge is 0.241 e. The van der Waals surface area contributed by atoms with Crippen molar-refractivity contribution in [3.63, 3.8) is 0 Å². The molecule has 1 aliphatic rings. The molecule has 0 aromatic heterocycles. The number of nitrogens with one attached hydrogen (secondary N) is 1. The second kappa shape index (κ2) is 19.8. The van der Waals surface area contributed by atoms with Crippen LogP contribution in [0.25, 0.3) is 0 Å². The van der Waals surface area contributed by atoms with Gasteiger partial charge in [-0.2, -0.15) is 0 Å². The van der Waals surface area contributed by atoms with Crippen molar-refractivity contribution in [3.8, 4) is 0 Å². The van der Waals surface area contributed by atoms with Gasteiger partial charge in [0.15, 0.2) is 0 Å². The van der Waals surface area contributed by atoms with Gasteiger partial charge in [-0.15, -0.1) is 0 Å². The SMILES string of the molecule is CC(C)NS(=O)(=O)c1c2cccc1COCCOCCOCCOCCOCCOCCOCCOC2. The van der Waals surface area contributed by atoms with E-state index in [0.717, 1.165) is 0 Å². The van der Waals surface area contributed by atoms with Gasteiger partial charge in [0.1, 0.15) is 0 Å². The summed E-state index contributed by atoms with van der Waals surface area (Å²) >= 11 is 0. The maximum atomic E-state index is 13.1. The summed E-state index contributed by atoms with van der Waals surface area (Å²) in [5.41, 5.74) is 1.12. The van der Waals surface area contributed by atoms with Gasteiger partial charge in [-0.05, 0) is 25.0 Å². The van der Waals surface area contributed by atoms with Crippen LogP contribution in [0, 0.1) is 0 Å². The Morgan fingerprint density at radius 3 is 1.16 bits per heavy atom. The van der Waals surface area contributed by atoms with Crippen molar-refractivity contribution in [1.82, 2.24) is 4.72 Å². The number of rotatable bonds is 3. The lowest BCUT2D eigenvalue weighted by atomic mass is 10.1. The Morgan fingerprint density at radius 2 is 0.865 bits per heavy atom. The summed E-state index contributed by atoms with van der Waals surface area (Å²) in [6, 6.07) is 5.05. The molecule has 0 saturated heterocycles. The molecule has 1 N–H and O–H groups in total. The Labute approximate surface area is 221 Å². The summed E-state index contributed by atoms with van der Waals surface area (Å²) in [5.74, 6) is 0.